The molecule has 0 atom stereocenters. The zero-order chi connectivity index (χ0) is 12.0. The lowest BCUT2D eigenvalue weighted by molar-refractivity contribution is 0.667. The van der Waals surface area contributed by atoms with E-state index in [9.17, 15) is 14.4 Å². The molecule has 16 heavy (non-hydrogen) atoms. The predicted octanol–water partition coefficient (Wildman–Crippen LogP) is -1.67. The van der Waals surface area contributed by atoms with Gasteiger partial charge in [0.05, 0.1) is 5.39 Å². The second-order valence-electron chi connectivity index (χ2n) is 3.55. The van der Waals surface area contributed by atoms with Crippen molar-refractivity contribution in [2.75, 3.05) is 0 Å². The van der Waals surface area contributed by atoms with Crippen molar-refractivity contribution >= 4 is 11.0 Å². The molecule has 2 heterocycles. The molecule has 7 heteroatoms. The van der Waals surface area contributed by atoms with Crippen molar-refractivity contribution in [3.63, 3.8) is 0 Å². The highest BCUT2D eigenvalue weighted by atomic mass is 16.2. The SMILES string of the molecule is Cn1nc2c(cc1=O)c(=O)n(C)c(=O)n2C. The van der Waals surface area contributed by atoms with Crippen LogP contribution in [0.25, 0.3) is 11.0 Å². The zero-order valence-corrected chi connectivity index (χ0v) is 9.09. The lowest BCUT2D eigenvalue weighted by Gasteiger charge is -2.06. The number of nitrogens with zero attached hydrogens (tertiary/aromatic N) is 4. The van der Waals surface area contributed by atoms with Gasteiger partial charge < -0.3 is 0 Å². The van der Waals surface area contributed by atoms with Gasteiger partial charge in [-0.2, -0.15) is 5.10 Å². The summed E-state index contributed by atoms with van der Waals surface area (Å²) in [6.07, 6.45) is 0. The topological polar surface area (TPSA) is 78.9 Å². The monoisotopic (exact) mass is 222 g/mol. The van der Waals surface area contributed by atoms with Gasteiger partial charge in [-0.1, -0.05) is 0 Å². The van der Waals surface area contributed by atoms with E-state index in [0.717, 1.165) is 9.25 Å². The lowest BCUT2D eigenvalue weighted by atomic mass is 10.3. The largest absolute Gasteiger partial charge is 0.332 e. The Kier molecular flexibility index (Phi) is 2.04. The van der Waals surface area contributed by atoms with Crippen LogP contribution < -0.4 is 16.8 Å². The molecule has 0 spiro atoms. The van der Waals surface area contributed by atoms with Crippen LogP contribution in [0.5, 0.6) is 0 Å². The van der Waals surface area contributed by atoms with Crippen LogP contribution in [0.1, 0.15) is 0 Å². The molecule has 0 saturated carbocycles. The van der Waals surface area contributed by atoms with Gasteiger partial charge in [-0.15, -0.1) is 0 Å². The second kappa shape index (κ2) is 3.16. The molecule has 0 bridgehead atoms. The number of hydrogen-bond acceptors (Lipinski definition) is 4. The summed E-state index contributed by atoms with van der Waals surface area (Å²) in [5.41, 5.74) is -1.16. The number of hydrogen-bond donors (Lipinski definition) is 0. The first-order chi connectivity index (χ1) is 7.43. The van der Waals surface area contributed by atoms with Crippen molar-refractivity contribution in [3.8, 4) is 0 Å². The molecule has 0 unspecified atom stereocenters. The van der Waals surface area contributed by atoms with Gasteiger partial charge in [-0.05, 0) is 0 Å². The Balaban J connectivity index is 3.22. The summed E-state index contributed by atoms with van der Waals surface area (Å²) in [5, 5.41) is 4.04. The third-order valence-corrected chi connectivity index (χ3v) is 2.50. The number of fused-ring (bicyclic) bond motifs is 1. The highest BCUT2D eigenvalue weighted by Gasteiger charge is 2.10. The van der Waals surface area contributed by atoms with Gasteiger partial charge in [0.2, 0.25) is 0 Å². The van der Waals surface area contributed by atoms with Crippen LogP contribution in [0, 0.1) is 0 Å². The van der Waals surface area contributed by atoms with Crippen LogP contribution in [-0.4, -0.2) is 18.9 Å². The van der Waals surface area contributed by atoms with Crippen molar-refractivity contribution in [1.82, 2.24) is 18.9 Å². The first kappa shape index (κ1) is 10.3. The minimum Gasteiger partial charge on any atom is -0.279 e. The second-order valence-corrected chi connectivity index (χ2v) is 3.55. The van der Waals surface area contributed by atoms with Crippen LogP contribution in [0.15, 0.2) is 20.4 Å². The summed E-state index contributed by atoms with van der Waals surface area (Å²) >= 11 is 0. The number of rotatable bonds is 0. The fourth-order valence-electron chi connectivity index (χ4n) is 1.51. The maximum absolute atomic E-state index is 11.7. The molecular formula is C9H10N4O3. The highest BCUT2D eigenvalue weighted by molar-refractivity contribution is 5.72. The van der Waals surface area contributed by atoms with E-state index in [2.05, 4.69) is 5.10 Å². The van der Waals surface area contributed by atoms with Crippen LogP contribution in [0.3, 0.4) is 0 Å². The molecule has 0 aliphatic heterocycles. The highest BCUT2D eigenvalue weighted by Crippen LogP contribution is 1.97. The summed E-state index contributed by atoms with van der Waals surface area (Å²) < 4.78 is 3.26. The molecule has 0 N–H and O–H groups in total. The minimum atomic E-state index is -0.511. The van der Waals surface area contributed by atoms with Gasteiger partial charge >= 0.3 is 5.69 Å². The Hall–Kier alpha value is -2.18. The first-order valence-electron chi connectivity index (χ1n) is 4.57. The fourth-order valence-corrected chi connectivity index (χ4v) is 1.51. The average Bonchev–Trinajstić information content (AvgIpc) is 2.26. The molecule has 0 fully saturated rings. The summed E-state index contributed by atoms with van der Waals surface area (Å²) in [7, 11) is 4.33. The molecule has 2 aromatic heterocycles. The van der Waals surface area contributed by atoms with Crippen molar-refractivity contribution in [3.05, 3.63) is 37.3 Å². The lowest BCUT2D eigenvalue weighted by Crippen LogP contribution is -2.38. The Labute approximate surface area is 89.2 Å². The van der Waals surface area contributed by atoms with Crippen molar-refractivity contribution in [1.29, 1.82) is 0 Å². The molecule has 2 rings (SSSR count). The molecule has 0 saturated heterocycles. The Morgan fingerprint density at radius 1 is 1.06 bits per heavy atom. The van der Waals surface area contributed by atoms with Crippen molar-refractivity contribution < 1.29 is 0 Å². The maximum atomic E-state index is 11.7. The van der Waals surface area contributed by atoms with E-state index in [1.807, 2.05) is 0 Å². The van der Waals surface area contributed by atoms with E-state index in [4.69, 9.17) is 0 Å². The predicted molar refractivity (Wildman–Crippen MR) is 57.5 cm³/mol. The molecule has 0 aromatic carbocycles. The maximum Gasteiger partial charge on any atom is 0.332 e. The summed E-state index contributed by atoms with van der Waals surface area (Å²) in [6, 6.07) is 1.18. The van der Waals surface area contributed by atoms with E-state index in [0.29, 0.717) is 0 Å². The first-order valence-corrected chi connectivity index (χ1v) is 4.57. The minimum absolute atomic E-state index is 0.146. The molecule has 0 amide bonds. The van der Waals surface area contributed by atoms with Gasteiger partial charge in [-0.25, -0.2) is 9.48 Å². The van der Waals surface area contributed by atoms with Gasteiger partial charge in [0.25, 0.3) is 11.1 Å². The summed E-state index contributed by atoms with van der Waals surface area (Å²) in [4.78, 5) is 34.7. The van der Waals surface area contributed by atoms with E-state index in [1.165, 1.54) is 31.8 Å². The smallest absolute Gasteiger partial charge is 0.279 e. The van der Waals surface area contributed by atoms with E-state index in [-0.39, 0.29) is 16.6 Å². The molecule has 2 aromatic rings. The molecule has 0 aliphatic rings. The zero-order valence-electron chi connectivity index (χ0n) is 9.09. The van der Waals surface area contributed by atoms with Gasteiger partial charge in [0.15, 0.2) is 5.65 Å². The van der Waals surface area contributed by atoms with Crippen LogP contribution >= 0.6 is 0 Å². The van der Waals surface area contributed by atoms with E-state index in [1.54, 1.807) is 0 Å². The number of aromatic nitrogens is 4. The van der Waals surface area contributed by atoms with Crippen LogP contribution in [0.4, 0.5) is 0 Å². The van der Waals surface area contributed by atoms with Crippen molar-refractivity contribution in [2.45, 2.75) is 0 Å². The van der Waals surface area contributed by atoms with Gasteiger partial charge in [0.1, 0.15) is 0 Å². The van der Waals surface area contributed by atoms with Crippen molar-refractivity contribution in [2.24, 2.45) is 21.1 Å². The summed E-state index contributed by atoms with van der Waals surface area (Å²) in [5.74, 6) is 0. The Bertz CT molecular complexity index is 750. The van der Waals surface area contributed by atoms with Gasteiger partial charge in [0, 0.05) is 27.2 Å². The normalized spacial score (nSPS) is 10.9. The standard InChI is InChI=1S/C9H10N4O3/c1-11-7-5(4-6(14)13(3)10-7)8(15)12(2)9(11)16/h4H,1-3H3. The fraction of sp³-hybridized carbons (Fsp3) is 0.333. The number of aryl methyl sites for hydroxylation is 2. The third-order valence-electron chi connectivity index (χ3n) is 2.50. The van der Waals surface area contributed by atoms with Crippen LogP contribution in [0.2, 0.25) is 0 Å². The molecule has 0 radical (unpaired) electrons. The third kappa shape index (κ3) is 1.21. The molecule has 84 valence electrons. The molecule has 7 nitrogen and oxygen atoms in total. The summed E-state index contributed by atoms with van der Waals surface area (Å²) in [6.45, 7) is 0. The van der Waals surface area contributed by atoms with E-state index < -0.39 is 11.2 Å². The molecule has 0 aliphatic carbocycles. The van der Waals surface area contributed by atoms with Gasteiger partial charge in [-0.3, -0.25) is 18.7 Å². The Morgan fingerprint density at radius 2 is 1.69 bits per heavy atom. The quantitative estimate of drug-likeness (QED) is 0.534. The van der Waals surface area contributed by atoms with E-state index >= 15 is 0 Å². The van der Waals surface area contributed by atoms with Crippen LogP contribution in [-0.2, 0) is 21.1 Å². The average molecular weight is 222 g/mol. The Morgan fingerprint density at radius 3 is 2.31 bits per heavy atom. The molecular weight excluding hydrogens is 212 g/mol.